The lowest BCUT2D eigenvalue weighted by atomic mass is 10.2. The van der Waals surface area contributed by atoms with Crippen LogP contribution in [0.1, 0.15) is 45.4 Å². The van der Waals surface area contributed by atoms with Gasteiger partial charge in [0.1, 0.15) is 0 Å². The van der Waals surface area contributed by atoms with Crippen LogP contribution in [0.4, 0.5) is 0 Å². The fourth-order valence-electron chi connectivity index (χ4n) is 1.37. The summed E-state index contributed by atoms with van der Waals surface area (Å²) in [6.07, 6.45) is 10.9. The second-order valence-corrected chi connectivity index (χ2v) is 5.32. The number of aliphatic imine (C=N–C) groups is 1. The molecule has 1 saturated heterocycles. The van der Waals surface area contributed by atoms with E-state index in [0.29, 0.717) is 0 Å². The molecule has 0 aromatic rings. The fraction of sp³-hybridized carbons (Fsp3) is 0.909. The Morgan fingerprint density at radius 2 is 1.80 bits per heavy atom. The lowest BCUT2D eigenvalue weighted by Gasteiger charge is -1.94. The molecule has 0 aliphatic carbocycles. The Balaban J connectivity index is 0.000000322. The highest BCUT2D eigenvalue weighted by molar-refractivity contribution is 7.38. The molecule has 1 rings (SSSR count). The first-order valence-electron chi connectivity index (χ1n) is 6.03. The summed E-state index contributed by atoms with van der Waals surface area (Å²) in [7, 11) is 1.31. The van der Waals surface area contributed by atoms with Crippen molar-refractivity contribution in [2.45, 2.75) is 45.4 Å². The van der Waals surface area contributed by atoms with Crippen molar-refractivity contribution in [3.63, 3.8) is 0 Å². The molecule has 0 amide bonds. The van der Waals surface area contributed by atoms with Gasteiger partial charge in [0.2, 0.25) is 0 Å². The first-order chi connectivity index (χ1) is 7.27. The zero-order valence-corrected chi connectivity index (χ0v) is 11.0. The maximum absolute atomic E-state index is 5.13. The van der Waals surface area contributed by atoms with Crippen molar-refractivity contribution in [3.8, 4) is 0 Å². The zero-order chi connectivity index (χ0) is 11.4. The van der Waals surface area contributed by atoms with E-state index < -0.39 is 0 Å². The van der Waals surface area contributed by atoms with E-state index >= 15 is 0 Å². The van der Waals surface area contributed by atoms with Gasteiger partial charge in [0.05, 0.1) is 0 Å². The van der Waals surface area contributed by atoms with Gasteiger partial charge in [-0.1, -0.05) is 26.2 Å². The number of nitrogens with zero attached hydrogens (tertiary/aromatic N) is 1. The van der Waals surface area contributed by atoms with Crippen LogP contribution in [0.3, 0.4) is 0 Å². The van der Waals surface area contributed by atoms with Crippen LogP contribution in [0.2, 0.25) is 0 Å². The fourth-order valence-corrected chi connectivity index (χ4v) is 2.62. The number of hydrogen-bond acceptors (Lipinski definition) is 1. The lowest BCUT2D eigenvalue weighted by molar-refractivity contribution is 0.674. The van der Waals surface area contributed by atoms with Gasteiger partial charge in [0, 0.05) is 6.54 Å². The molecule has 0 radical (unpaired) electrons. The predicted octanol–water partition coefficient (Wildman–Crippen LogP) is 2.30. The third-order valence-electron chi connectivity index (χ3n) is 2.26. The molecule has 4 N–H and O–H groups in total. The first-order valence-corrected chi connectivity index (χ1v) is 7.45. The molecule has 3 nitrogen and oxygen atoms in total. The highest BCUT2D eigenvalue weighted by Crippen LogP contribution is 2.21. The molecule has 0 saturated carbocycles. The number of guanidine groups is 1. The zero-order valence-electron chi connectivity index (χ0n) is 9.97. The van der Waals surface area contributed by atoms with E-state index in [2.05, 4.69) is 11.9 Å². The predicted molar refractivity (Wildman–Crippen MR) is 72.1 cm³/mol. The summed E-state index contributed by atoms with van der Waals surface area (Å²) in [5.74, 6) is 0.205. The Hall–Kier alpha value is -0.300. The van der Waals surface area contributed by atoms with Crippen molar-refractivity contribution in [1.29, 1.82) is 0 Å². The standard InChI is InChI=1S/C7H17N3.C4H9P/c1-2-3-4-5-6-10-7(8)9;1-2-4-5-3-1/h2-6H2,1H3,(H4,8,9,10);5H,1-4H2. The Morgan fingerprint density at radius 3 is 2.20 bits per heavy atom. The van der Waals surface area contributed by atoms with Crippen molar-refractivity contribution < 1.29 is 0 Å². The summed E-state index contributed by atoms with van der Waals surface area (Å²) in [5, 5.41) is 0. The number of unbranched alkanes of at least 4 members (excludes halogenated alkanes) is 3. The van der Waals surface area contributed by atoms with Crippen molar-refractivity contribution in [1.82, 2.24) is 0 Å². The molecule has 0 aromatic heterocycles. The van der Waals surface area contributed by atoms with E-state index in [1.165, 1.54) is 53.0 Å². The number of nitrogens with two attached hydrogens (primary N) is 2. The Kier molecular flexibility index (Phi) is 11.5. The van der Waals surface area contributed by atoms with Crippen LogP contribution >= 0.6 is 8.58 Å². The smallest absolute Gasteiger partial charge is 0.185 e. The van der Waals surface area contributed by atoms with Gasteiger partial charge in [0.15, 0.2) is 5.96 Å². The van der Waals surface area contributed by atoms with Crippen LogP contribution in [0.15, 0.2) is 4.99 Å². The van der Waals surface area contributed by atoms with Crippen LogP contribution in [0, 0.1) is 0 Å². The Labute approximate surface area is 95.9 Å². The SMILES string of the molecule is C1CCPC1.CCCCCCN=C(N)N. The Morgan fingerprint density at radius 1 is 1.13 bits per heavy atom. The minimum atomic E-state index is 0.205. The molecule has 1 aliphatic rings. The third-order valence-corrected chi connectivity index (χ3v) is 3.68. The van der Waals surface area contributed by atoms with Crippen LogP contribution in [-0.2, 0) is 0 Å². The topological polar surface area (TPSA) is 64.4 Å². The van der Waals surface area contributed by atoms with E-state index in [1.54, 1.807) is 0 Å². The Bertz CT molecular complexity index is 144. The molecule has 1 aliphatic heterocycles. The summed E-state index contributed by atoms with van der Waals surface area (Å²) in [4.78, 5) is 3.87. The summed E-state index contributed by atoms with van der Waals surface area (Å²) < 4.78 is 0. The maximum atomic E-state index is 5.13. The molecule has 4 heteroatoms. The molecule has 0 spiro atoms. The molecule has 90 valence electrons. The molecule has 0 atom stereocenters. The van der Waals surface area contributed by atoms with Gasteiger partial charge in [-0.15, -0.1) is 8.58 Å². The van der Waals surface area contributed by atoms with Gasteiger partial charge >= 0.3 is 0 Å². The van der Waals surface area contributed by atoms with E-state index in [1.807, 2.05) is 0 Å². The highest BCUT2D eigenvalue weighted by atomic mass is 31.1. The van der Waals surface area contributed by atoms with Crippen LogP contribution in [-0.4, -0.2) is 24.8 Å². The minimum Gasteiger partial charge on any atom is -0.370 e. The van der Waals surface area contributed by atoms with E-state index in [-0.39, 0.29) is 5.96 Å². The van der Waals surface area contributed by atoms with Gasteiger partial charge < -0.3 is 11.5 Å². The van der Waals surface area contributed by atoms with Gasteiger partial charge in [-0.05, 0) is 31.6 Å². The quantitative estimate of drug-likeness (QED) is 0.330. The van der Waals surface area contributed by atoms with Crippen molar-refractivity contribution in [3.05, 3.63) is 0 Å². The molecule has 15 heavy (non-hydrogen) atoms. The van der Waals surface area contributed by atoms with E-state index in [0.717, 1.165) is 13.0 Å². The second kappa shape index (κ2) is 11.8. The molecular weight excluding hydrogens is 205 g/mol. The normalized spacial score (nSPS) is 14.2. The summed E-state index contributed by atoms with van der Waals surface area (Å²) in [6, 6.07) is 0. The number of rotatable bonds is 5. The number of hydrogen-bond donors (Lipinski definition) is 2. The monoisotopic (exact) mass is 231 g/mol. The molecule has 0 aromatic carbocycles. The average molecular weight is 231 g/mol. The van der Waals surface area contributed by atoms with Gasteiger partial charge in [-0.3, -0.25) is 4.99 Å². The van der Waals surface area contributed by atoms with Crippen molar-refractivity contribution in [2.75, 3.05) is 18.9 Å². The van der Waals surface area contributed by atoms with Crippen LogP contribution in [0.25, 0.3) is 0 Å². The molecule has 1 heterocycles. The summed E-state index contributed by atoms with van der Waals surface area (Å²) in [6.45, 7) is 2.96. The van der Waals surface area contributed by atoms with Gasteiger partial charge in [0.25, 0.3) is 0 Å². The second-order valence-electron chi connectivity index (χ2n) is 3.82. The largest absolute Gasteiger partial charge is 0.370 e. The molecular formula is C11H26N3P. The van der Waals surface area contributed by atoms with E-state index in [4.69, 9.17) is 11.5 Å². The molecule has 1 fully saturated rings. The average Bonchev–Trinajstić information content (AvgIpc) is 2.75. The third kappa shape index (κ3) is 13.7. The molecule has 0 bridgehead atoms. The molecule has 0 unspecified atom stereocenters. The highest BCUT2D eigenvalue weighted by Gasteiger charge is 1.94. The minimum absolute atomic E-state index is 0.205. The van der Waals surface area contributed by atoms with Crippen molar-refractivity contribution >= 4 is 14.5 Å². The van der Waals surface area contributed by atoms with Gasteiger partial charge in [-0.2, -0.15) is 0 Å². The summed E-state index contributed by atoms with van der Waals surface area (Å²) in [5.41, 5.74) is 10.3. The summed E-state index contributed by atoms with van der Waals surface area (Å²) >= 11 is 0. The maximum Gasteiger partial charge on any atom is 0.185 e. The van der Waals surface area contributed by atoms with E-state index in [9.17, 15) is 0 Å². The van der Waals surface area contributed by atoms with Crippen molar-refractivity contribution in [2.24, 2.45) is 16.5 Å². The van der Waals surface area contributed by atoms with Gasteiger partial charge in [-0.25, -0.2) is 0 Å². The lowest BCUT2D eigenvalue weighted by Crippen LogP contribution is -2.22. The van der Waals surface area contributed by atoms with Crippen LogP contribution < -0.4 is 11.5 Å². The first kappa shape index (κ1) is 14.7. The van der Waals surface area contributed by atoms with Crippen LogP contribution in [0.5, 0.6) is 0 Å².